The lowest BCUT2D eigenvalue weighted by atomic mass is 9.89. The van der Waals surface area contributed by atoms with Gasteiger partial charge >= 0.3 is 0 Å². The highest BCUT2D eigenvalue weighted by molar-refractivity contribution is 7.18. The molecular formula is C21H25N3OS. The van der Waals surface area contributed by atoms with Crippen LogP contribution in [0.3, 0.4) is 0 Å². The van der Waals surface area contributed by atoms with Crippen molar-refractivity contribution in [2.75, 3.05) is 6.54 Å². The van der Waals surface area contributed by atoms with E-state index < -0.39 is 0 Å². The second-order valence-corrected chi connectivity index (χ2v) is 8.48. The van der Waals surface area contributed by atoms with Gasteiger partial charge < -0.3 is 10.3 Å². The zero-order valence-electron chi connectivity index (χ0n) is 15.3. The van der Waals surface area contributed by atoms with Crippen LogP contribution in [0.1, 0.15) is 48.1 Å². The van der Waals surface area contributed by atoms with Crippen LogP contribution in [0.5, 0.6) is 0 Å². The molecule has 4 rings (SSSR count). The van der Waals surface area contributed by atoms with Gasteiger partial charge in [0.1, 0.15) is 10.7 Å². The summed E-state index contributed by atoms with van der Waals surface area (Å²) < 4.78 is 0. The van der Waals surface area contributed by atoms with Gasteiger partial charge in [-0.25, -0.2) is 4.98 Å². The normalized spacial score (nSPS) is 18.0. The molecule has 0 fully saturated rings. The number of fused-ring (bicyclic) bond motifs is 3. The van der Waals surface area contributed by atoms with Crippen molar-refractivity contribution in [3.63, 3.8) is 0 Å². The van der Waals surface area contributed by atoms with Gasteiger partial charge in [-0.3, -0.25) is 4.79 Å². The number of aromatic nitrogens is 2. The number of aryl methyl sites for hydroxylation is 1. The fourth-order valence-corrected chi connectivity index (χ4v) is 5.14. The van der Waals surface area contributed by atoms with Crippen molar-refractivity contribution in [2.24, 2.45) is 5.92 Å². The van der Waals surface area contributed by atoms with Crippen molar-refractivity contribution in [1.82, 2.24) is 15.3 Å². The minimum atomic E-state index is 0.0220. The van der Waals surface area contributed by atoms with Crippen molar-refractivity contribution < 1.29 is 0 Å². The number of nitrogens with zero attached hydrogens (tertiary/aromatic N) is 1. The van der Waals surface area contributed by atoms with E-state index in [2.05, 4.69) is 48.4 Å². The molecule has 3 aromatic rings. The smallest absolute Gasteiger partial charge is 0.259 e. The van der Waals surface area contributed by atoms with Crippen LogP contribution in [-0.4, -0.2) is 16.5 Å². The lowest BCUT2D eigenvalue weighted by Gasteiger charge is -2.17. The number of nitrogens with one attached hydrogen (secondary N) is 2. The second-order valence-electron chi connectivity index (χ2n) is 7.39. The summed E-state index contributed by atoms with van der Waals surface area (Å²) >= 11 is 1.71. The van der Waals surface area contributed by atoms with Crippen LogP contribution in [0.2, 0.25) is 0 Å². The molecule has 2 aromatic heterocycles. The van der Waals surface area contributed by atoms with Gasteiger partial charge in [-0.15, -0.1) is 11.3 Å². The predicted molar refractivity (Wildman–Crippen MR) is 108 cm³/mol. The number of H-pyrrole nitrogens is 1. The molecule has 0 unspecified atom stereocenters. The van der Waals surface area contributed by atoms with E-state index in [9.17, 15) is 4.79 Å². The Labute approximate surface area is 157 Å². The van der Waals surface area contributed by atoms with Crippen LogP contribution >= 0.6 is 11.3 Å². The first-order valence-electron chi connectivity index (χ1n) is 9.43. The Bertz CT molecular complexity index is 961. The molecule has 0 spiro atoms. The second kappa shape index (κ2) is 7.33. The van der Waals surface area contributed by atoms with Gasteiger partial charge in [0.25, 0.3) is 5.56 Å². The number of thiophene rings is 1. The van der Waals surface area contributed by atoms with Gasteiger partial charge in [-0.2, -0.15) is 0 Å². The molecule has 1 aliphatic carbocycles. The maximum atomic E-state index is 12.7. The van der Waals surface area contributed by atoms with Gasteiger partial charge in [0.15, 0.2) is 0 Å². The number of hydrogen-bond donors (Lipinski definition) is 2. The molecule has 0 saturated carbocycles. The topological polar surface area (TPSA) is 57.8 Å². The molecule has 0 amide bonds. The van der Waals surface area contributed by atoms with Gasteiger partial charge in [0.05, 0.1) is 11.4 Å². The lowest BCUT2D eigenvalue weighted by Crippen LogP contribution is -2.25. The quantitative estimate of drug-likeness (QED) is 0.716. The molecule has 26 heavy (non-hydrogen) atoms. The van der Waals surface area contributed by atoms with Crippen molar-refractivity contribution >= 4 is 21.6 Å². The summed E-state index contributed by atoms with van der Waals surface area (Å²) in [5.74, 6) is 1.44. The molecule has 2 atom stereocenters. The van der Waals surface area contributed by atoms with Crippen LogP contribution in [0.15, 0.2) is 35.1 Å². The highest BCUT2D eigenvalue weighted by atomic mass is 32.1. The van der Waals surface area contributed by atoms with Crippen LogP contribution in [-0.2, 0) is 19.3 Å². The van der Waals surface area contributed by atoms with Crippen molar-refractivity contribution in [3.05, 3.63) is 62.5 Å². The van der Waals surface area contributed by atoms with E-state index >= 15 is 0 Å². The van der Waals surface area contributed by atoms with Crippen molar-refractivity contribution in [2.45, 2.75) is 45.6 Å². The highest BCUT2D eigenvalue weighted by Gasteiger charge is 2.23. The van der Waals surface area contributed by atoms with Gasteiger partial charge in [0.2, 0.25) is 0 Å². The Morgan fingerprint density at radius 1 is 1.35 bits per heavy atom. The van der Waals surface area contributed by atoms with E-state index in [1.165, 1.54) is 16.0 Å². The molecule has 2 N–H and O–H groups in total. The zero-order valence-corrected chi connectivity index (χ0v) is 16.2. The van der Waals surface area contributed by atoms with E-state index in [-0.39, 0.29) is 11.6 Å². The predicted octanol–water partition coefficient (Wildman–Crippen LogP) is 4.00. The summed E-state index contributed by atoms with van der Waals surface area (Å²) in [4.78, 5) is 22.8. The molecular weight excluding hydrogens is 342 g/mol. The summed E-state index contributed by atoms with van der Waals surface area (Å²) in [6.45, 7) is 5.20. The van der Waals surface area contributed by atoms with Crippen LogP contribution in [0, 0.1) is 5.92 Å². The van der Waals surface area contributed by atoms with E-state index in [0.29, 0.717) is 5.92 Å². The summed E-state index contributed by atoms with van der Waals surface area (Å²) in [5.41, 5.74) is 2.58. The molecule has 0 bridgehead atoms. The molecule has 2 heterocycles. The molecule has 1 aliphatic rings. The summed E-state index contributed by atoms with van der Waals surface area (Å²) in [6, 6.07) is 10.4. The first kappa shape index (κ1) is 17.4. The highest BCUT2D eigenvalue weighted by Crippen LogP contribution is 2.35. The SMILES string of the molecule is C[C@H]1CCc2c(sc3nc([C@H](C)NCCc4ccccc4)[nH]c(=O)c23)C1. The fourth-order valence-electron chi connectivity index (χ4n) is 3.74. The average Bonchev–Trinajstić information content (AvgIpc) is 3.00. The van der Waals surface area contributed by atoms with Crippen molar-refractivity contribution in [1.29, 1.82) is 0 Å². The molecule has 0 radical (unpaired) electrons. The third-order valence-corrected chi connectivity index (χ3v) is 6.45. The summed E-state index contributed by atoms with van der Waals surface area (Å²) in [7, 11) is 0. The standard InChI is InChI=1S/C21H25N3OS/c1-13-8-9-16-17(12-13)26-21-18(16)20(25)23-19(24-21)14(2)22-11-10-15-6-4-3-5-7-15/h3-7,13-14,22H,8-12H2,1-2H3,(H,23,24,25)/t13-,14-/m0/s1. The van der Waals surface area contributed by atoms with Gasteiger partial charge in [-0.1, -0.05) is 37.3 Å². The van der Waals surface area contributed by atoms with E-state index in [4.69, 9.17) is 4.98 Å². The number of benzene rings is 1. The Morgan fingerprint density at radius 3 is 2.96 bits per heavy atom. The van der Waals surface area contributed by atoms with E-state index in [1.807, 2.05) is 6.07 Å². The van der Waals surface area contributed by atoms with Gasteiger partial charge in [-0.05, 0) is 56.2 Å². The van der Waals surface area contributed by atoms with Crippen LogP contribution in [0.4, 0.5) is 0 Å². The molecule has 0 aliphatic heterocycles. The largest absolute Gasteiger partial charge is 0.309 e. The van der Waals surface area contributed by atoms with Crippen LogP contribution < -0.4 is 10.9 Å². The zero-order chi connectivity index (χ0) is 18.1. The number of rotatable bonds is 5. The van der Waals surface area contributed by atoms with Crippen molar-refractivity contribution in [3.8, 4) is 0 Å². The molecule has 0 saturated heterocycles. The van der Waals surface area contributed by atoms with Gasteiger partial charge in [0, 0.05) is 4.88 Å². The lowest BCUT2D eigenvalue weighted by molar-refractivity contribution is 0.509. The summed E-state index contributed by atoms with van der Waals surface area (Å²) in [5, 5.41) is 4.31. The average molecular weight is 368 g/mol. The molecule has 5 heteroatoms. The first-order valence-corrected chi connectivity index (χ1v) is 10.2. The van der Waals surface area contributed by atoms with E-state index in [0.717, 1.165) is 48.3 Å². The molecule has 136 valence electrons. The summed E-state index contributed by atoms with van der Waals surface area (Å²) in [6.07, 6.45) is 4.21. The Balaban J connectivity index is 1.52. The monoisotopic (exact) mass is 367 g/mol. The fraction of sp³-hybridized carbons (Fsp3) is 0.429. The van der Waals surface area contributed by atoms with Crippen LogP contribution in [0.25, 0.3) is 10.2 Å². The Hall–Kier alpha value is -1.98. The Kier molecular flexibility index (Phi) is 4.92. The maximum Gasteiger partial charge on any atom is 0.259 e. The third-order valence-electron chi connectivity index (χ3n) is 5.30. The molecule has 1 aromatic carbocycles. The van der Waals surface area contributed by atoms with E-state index in [1.54, 1.807) is 11.3 Å². The minimum absolute atomic E-state index is 0.0220. The third kappa shape index (κ3) is 3.46. The minimum Gasteiger partial charge on any atom is -0.309 e. The maximum absolute atomic E-state index is 12.7. The number of aromatic amines is 1. The Morgan fingerprint density at radius 2 is 2.15 bits per heavy atom. The first-order chi connectivity index (χ1) is 12.6. The molecule has 4 nitrogen and oxygen atoms in total. The number of hydrogen-bond acceptors (Lipinski definition) is 4.